The van der Waals surface area contributed by atoms with E-state index in [1.807, 2.05) is 12.5 Å². The fourth-order valence-electron chi connectivity index (χ4n) is 6.95. The Bertz CT molecular complexity index is 1900. The molecule has 0 unspecified atom stereocenters. The van der Waals surface area contributed by atoms with Gasteiger partial charge in [0.1, 0.15) is 30.9 Å². The van der Waals surface area contributed by atoms with Crippen molar-refractivity contribution in [1.29, 1.82) is 0 Å². The van der Waals surface area contributed by atoms with E-state index in [9.17, 15) is 25.2 Å². The molecule has 3 aromatic carbocycles. The first kappa shape index (κ1) is 27.5. The number of hydrogen-bond acceptors (Lipinski definition) is 2. The maximum absolute atomic E-state index is 10.7. The number of imidazole rings is 1. The minimum Gasteiger partial charge on any atom is -0.472 e. The van der Waals surface area contributed by atoms with Gasteiger partial charge >= 0.3 is 33.0 Å². The van der Waals surface area contributed by atoms with Crippen LogP contribution in [0.25, 0.3) is 10.8 Å². The summed E-state index contributed by atoms with van der Waals surface area (Å²) < 4.78 is 75.5. The van der Waals surface area contributed by atoms with Crippen LogP contribution in [0.1, 0.15) is 52.0 Å². The molecule has 0 amide bonds. The predicted molar refractivity (Wildman–Crippen MR) is 150 cm³/mol. The molecule has 0 saturated heterocycles. The van der Waals surface area contributed by atoms with E-state index in [-0.39, 0.29) is 17.4 Å². The molecule has 9 rings (SSSR count). The fourth-order valence-corrected chi connectivity index (χ4v) is 6.95. The molecular formula is C32H25F6N2O2P. The molecule has 0 fully saturated rings. The van der Waals surface area contributed by atoms with E-state index < -0.39 is 7.81 Å². The Balaban J connectivity index is 0.000000386. The van der Waals surface area contributed by atoms with Crippen molar-refractivity contribution >= 4 is 18.6 Å². The summed E-state index contributed by atoms with van der Waals surface area (Å²) in [4.78, 5) is 0. The molecule has 0 N–H and O–H groups in total. The van der Waals surface area contributed by atoms with Crippen LogP contribution in [0.3, 0.4) is 0 Å². The minimum absolute atomic E-state index is 0.129. The normalized spacial score (nSPS) is 20.0. The van der Waals surface area contributed by atoms with Gasteiger partial charge in [-0.2, -0.15) is 0 Å². The molecule has 3 aromatic heterocycles. The largest absolute Gasteiger partial charge is 0.472 e. The Morgan fingerprint density at radius 3 is 2.00 bits per heavy atom. The first-order chi connectivity index (χ1) is 20.3. The molecule has 0 spiro atoms. The summed E-state index contributed by atoms with van der Waals surface area (Å²) in [5, 5.41) is 2.55. The Morgan fingerprint density at radius 2 is 1.37 bits per heavy atom. The molecule has 2 bridgehead atoms. The van der Waals surface area contributed by atoms with Gasteiger partial charge < -0.3 is 8.83 Å². The topological polar surface area (TPSA) is 35.1 Å². The summed E-state index contributed by atoms with van der Waals surface area (Å²) in [5.74, 6) is 1.46. The monoisotopic (exact) mass is 614 g/mol. The third-order valence-corrected chi connectivity index (χ3v) is 8.47. The van der Waals surface area contributed by atoms with E-state index in [0.717, 1.165) is 13.0 Å². The molecule has 2 aliphatic heterocycles. The summed E-state index contributed by atoms with van der Waals surface area (Å²) in [7, 11) is -10.7. The van der Waals surface area contributed by atoms with Crippen LogP contribution in [0.4, 0.5) is 25.2 Å². The van der Waals surface area contributed by atoms with Crippen LogP contribution in [0.5, 0.6) is 0 Å². The van der Waals surface area contributed by atoms with Crippen LogP contribution in [-0.2, 0) is 12.0 Å². The minimum atomic E-state index is -10.7. The summed E-state index contributed by atoms with van der Waals surface area (Å²) in [5.41, 5.74) is 6.27. The molecule has 43 heavy (non-hydrogen) atoms. The van der Waals surface area contributed by atoms with Crippen LogP contribution in [0, 0.1) is 0 Å². The second-order valence-electron chi connectivity index (χ2n) is 11.1. The van der Waals surface area contributed by atoms with Crippen LogP contribution in [0.2, 0.25) is 0 Å². The van der Waals surface area contributed by atoms with E-state index in [1.165, 1.54) is 44.4 Å². The van der Waals surface area contributed by atoms with Gasteiger partial charge in [-0.05, 0) is 40.1 Å². The standard InChI is InChI=1S/C32H25N2O2.F6P/c1-2-6-24-17-22(9-10-23(24)5-1)19-33-13-14-34-29-18-32(25-11-15-35-20-25,26-12-16-36-21-26)30(31(33)34)28-8-4-3-7-27(28)29;1-7(2,3,4,5)6/h1-17,20-21,29-30H,18-19H2;/q+1;-1/t29-,30+;/m1./s1. The van der Waals surface area contributed by atoms with Gasteiger partial charge in [0.2, 0.25) is 0 Å². The molecule has 4 nitrogen and oxygen atoms in total. The van der Waals surface area contributed by atoms with Crippen LogP contribution in [-0.4, -0.2) is 4.57 Å². The first-order valence-corrected chi connectivity index (χ1v) is 15.6. The molecule has 0 saturated carbocycles. The van der Waals surface area contributed by atoms with Crippen molar-refractivity contribution in [2.45, 2.75) is 30.3 Å². The van der Waals surface area contributed by atoms with Gasteiger partial charge in [-0.1, -0.05) is 60.7 Å². The van der Waals surface area contributed by atoms with E-state index >= 15 is 0 Å². The summed E-state index contributed by atoms with van der Waals surface area (Å²) >= 11 is 0. The maximum atomic E-state index is 9.87. The molecule has 0 radical (unpaired) electrons. The number of rotatable bonds is 4. The van der Waals surface area contributed by atoms with Crippen LogP contribution < -0.4 is 4.57 Å². The zero-order valence-electron chi connectivity index (χ0n) is 22.5. The van der Waals surface area contributed by atoms with Crippen molar-refractivity contribution in [3.8, 4) is 0 Å². The fraction of sp³-hybridized carbons (Fsp3) is 0.156. The van der Waals surface area contributed by atoms with Gasteiger partial charge in [-0.25, -0.2) is 9.13 Å². The van der Waals surface area contributed by atoms with Gasteiger partial charge in [0.05, 0.1) is 25.1 Å². The predicted octanol–water partition coefficient (Wildman–Crippen LogP) is 9.97. The van der Waals surface area contributed by atoms with Crippen molar-refractivity contribution in [2.24, 2.45) is 0 Å². The molecule has 6 aromatic rings. The number of halogens is 6. The van der Waals surface area contributed by atoms with Crippen molar-refractivity contribution in [2.75, 3.05) is 0 Å². The third-order valence-electron chi connectivity index (χ3n) is 8.47. The average Bonchev–Trinajstić information content (AvgIpc) is 3.75. The van der Waals surface area contributed by atoms with Crippen molar-refractivity contribution < 1.29 is 38.6 Å². The third kappa shape index (κ3) is 5.14. The van der Waals surface area contributed by atoms with Gasteiger partial charge in [0, 0.05) is 28.5 Å². The number of fused-ring (bicyclic) bond motifs is 2. The molecule has 2 atom stereocenters. The summed E-state index contributed by atoms with van der Waals surface area (Å²) in [6, 6.07) is 28.9. The van der Waals surface area contributed by atoms with E-state index in [0.29, 0.717) is 0 Å². The summed E-state index contributed by atoms with van der Waals surface area (Å²) in [6.07, 6.45) is 13.0. The number of hydrogen-bond donors (Lipinski definition) is 0. The molecule has 222 valence electrons. The molecule has 5 heterocycles. The van der Waals surface area contributed by atoms with Gasteiger partial charge in [-0.15, -0.1) is 0 Å². The Morgan fingerprint density at radius 1 is 0.767 bits per heavy atom. The zero-order chi connectivity index (χ0) is 30.1. The molecule has 1 aliphatic carbocycles. The van der Waals surface area contributed by atoms with Crippen LogP contribution >= 0.6 is 7.81 Å². The quantitative estimate of drug-likeness (QED) is 0.113. The van der Waals surface area contributed by atoms with E-state index in [1.54, 1.807) is 12.5 Å². The van der Waals surface area contributed by atoms with Crippen molar-refractivity contribution in [3.05, 3.63) is 150 Å². The van der Waals surface area contributed by atoms with Crippen molar-refractivity contribution in [3.63, 3.8) is 0 Å². The number of nitrogens with zero attached hydrogens (tertiary/aromatic N) is 2. The van der Waals surface area contributed by atoms with Crippen molar-refractivity contribution in [1.82, 2.24) is 4.57 Å². The van der Waals surface area contributed by atoms with Gasteiger partial charge in [0.15, 0.2) is 0 Å². The Kier molecular flexibility index (Phi) is 5.67. The molecular weight excluding hydrogens is 589 g/mol. The second kappa shape index (κ2) is 8.86. The number of furan rings is 2. The second-order valence-corrected chi connectivity index (χ2v) is 13.0. The Labute approximate surface area is 242 Å². The smallest absolute Gasteiger partial charge is 0.266 e. The number of benzene rings is 3. The molecule has 3 aliphatic rings. The van der Waals surface area contributed by atoms with E-state index in [4.69, 9.17) is 8.83 Å². The van der Waals surface area contributed by atoms with E-state index in [2.05, 4.69) is 100 Å². The average molecular weight is 615 g/mol. The van der Waals surface area contributed by atoms with Crippen LogP contribution in [0.15, 0.2) is 125 Å². The van der Waals surface area contributed by atoms with Gasteiger partial charge in [-0.3, -0.25) is 0 Å². The number of aromatic nitrogens is 2. The summed E-state index contributed by atoms with van der Waals surface area (Å²) in [6.45, 7) is 0.825. The Hall–Kier alpha value is -4.30. The zero-order valence-corrected chi connectivity index (χ0v) is 23.4. The first-order valence-electron chi connectivity index (χ1n) is 13.6. The molecule has 11 heteroatoms. The SMILES string of the molecule is F[P-](F)(F)(F)(F)F.c1ccc2c(c1)[C@H]1c3n(Cc4ccc5ccccc5c4)cc[n+]3[C@@H]2CC1(c1ccoc1)c1ccoc1. The van der Waals surface area contributed by atoms with Gasteiger partial charge in [0.25, 0.3) is 5.82 Å². The maximum Gasteiger partial charge on any atom is 0.266 e.